The SMILES string of the molecule is [2H]c1cc2c(oc3c([2H])c(-c4cc5ccccc5c5ccccc45)c([2H])c(-c4nc(-c5ccc(-c6ccc(-c7c([2H])c([2H])c([2H])c([2H])c7[2H])cc6)cc5)nc(-c5c([2H])c([2H])c([2H])c([2H])c5[2H])n4)c32)c([2H])c1[2H]. The van der Waals surface area contributed by atoms with Gasteiger partial charge in [0, 0.05) is 27.5 Å². The summed E-state index contributed by atoms with van der Waals surface area (Å²) >= 11 is 0. The summed E-state index contributed by atoms with van der Waals surface area (Å²) in [5, 5.41) is 3.54. The van der Waals surface area contributed by atoms with Crippen molar-refractivity contribution in [2.45, 2.75) is 0 Å². The van der Waals surface area contributed by atoms with Crippen LogP contribution in [0.25, 0.3) is 111 Å². The molecule has 0 amide bonds. The molecule has 0 unspecified atom stereocenters. The molecule has 11 rings (SSSR count). The van der Waals surface area contributed by atoms with Crippen LogP contribution in [-0.2, 0) is 0 Å². The Labute approximate surface area is 350 Å². The second-order valence-electron chi connectivity index (χ2n) is 13.2. The Morgan fingerprint density at radius 1 is 0.368 bits per heavy atom. The van der Waals surface area contributed by atoms with E-state index in [4.69, 9.17) is 37.2 Å². The van der Waals surface area contributed by atoms with Crippen molar-refractivity contribution in [2.24, 2.45) is 0 Å². The summed E-state index contributed by atoms with van der Waals surface area (Å²) in [6.07, 6.45) is 0. The van der Waals surface area contributed by atoms with E-state index in [0.717, 1.165) is 16.2 Å². The molecule has 9 aromatic carbocycles. The van der Waals surface area contributed by atoms with Gasteiger partial charge in [-0.15, -0.1) is 0 Å². The van der Waals surface area contributed by atoms with Crippen LogP contribution in [0.1, 0.15) is 20.6 Å². The highest BCUT2D eigenvalue weighted by atomic mass is 16.3. The fraction of sp³-hybridized carbons (Fsp3) is 0. The van der Waals surface area contributed by atoms with Crippen molar-refractivity contribution in [3.8, 4) is 67.5 Å². The summed E-state index contributed by atoms with van der Waals surface area (Å²) in [6, 6.07) is 25.5. The molecule has 57 heavy (non-hydrogen) atoms. The van der Waals surface area contributed by atoms with Crippen LogP contribution in [-0.4, -0.2) is 15.0 Å². The number of hydrogen-bond donors (Lipinski definition) is 0. The van der Waals surface area contributed by atoms with Gasteiger partial charge in [-0.25, -0.2) is 15.0 Å². The summed E-state index contributed by atoms with van der Waals surface area (Å²) in [5.74, 6) is -0.581. The third-order valence-electron chi connectivity index (χ3n) is 9.92. The van der Waals surface area contributed by atoms with E-state index < -0.39 is 60.4 Å². The van der Waals surface area contributed by atoms with E-state index in [-0.39, 0.29) is 91.9 Å². The molecule has 0 saturated carbocycles. The second-order valence-corrected chi connectivity index (χ2v) is 13.2. The molecule has 0 saturated heterocycles. The average molecular weight is 743 g/mol. The molecule has 4 heteroatoms. The van der Waals surface area contributed by atoms with E-state index in [9.17, 15) is 2.74 Å². The standard InChI is InChI=1S/C53H33N3O/c1-3-13-34(14-4-1)35-23-25-36(26-24-35)37-27-29-39(30-28-37)52-54-51(38-15-5-2-6-16-38)55-53(56-52)47-32-41(33-49-50(47)45-21-11-12-22-48(45)57-49)46-31-40-17-7-8-18-42(40)43-19-9-10-20-44(43)46/h1-33H/i1D,2D,3D,4D,5D,6D,11D,12D,13D,14D,15D,16D,22D,32D,33D. The van der Waals surface area contributed by atoms with Gasteiger partial charge in [-0.2, -0.15) is 0 Å². The topological polar surface area (TPSA) is 51.8 Å². The van der Waals surface area contributed by atoms with E-state index in [0.29, 0.717) is 33.2 Å². The molecule has 0 aliphatic carbocycles. The summed E-state index contributed by atoms with van der Waals surface area (Å²) in [5.41, 5.74) is 2.31. The lowest BCUT2D eigenvalue weighted by atomic mass is 9.91. The number of para-hydroxylation sites is 1. The van der Waals surface area contributed by atoms with Crippen LogP contribution in [0.4, 0.5) is 0 Å². The quantitative estimate of drug-likeness (QED) is 0.159. The summed E-state index contributed by atoms with van der Waals surface area (Å²) in [4.78, 5) is 14.4. The summed E-state index contributed by atoms with van der Waals surface area (Å²) < 4.78 is 137. The Kier molecular flexibility index (Phi) is 4.96. The molecule has 11 aromatic rings. The maximum absolute atomic E-state index is 10.2. The van der Waals surface area contributed by atoms with E-state index >= 15 is 0 Å². The van der Waals surface area contributed by atoms with Gasteiger partial charge < -0.3 is 4.42 Å². The number of benzene rings is 9. The Bertz CT molecular complexity index is 4100. The fourth-order valence-electron chi connectivity index (χ4n) is 7.23. The molecule has 0 aliphatic rings. The first-order valence-electron chi connectivity index (χ1n) is 25.5. The highest BCUT2D eigenvalue weighted by Gasteiger charge is 2.21. The average Bonchev–Trinajstić information content (AvgIpc) is 3.77. The Morgan fingerprint density at radius 3 is 1.65 bits per heavy atom. The van der Waals surface area contributed by atoms with Crippen LogP contribution in [0.5, 0.6) is 0 Å². The van der Waals surface area contributed by atoms with Crippen molar-refractivity contribution in [3.05, 3.63) is 200 Å². The fourth-order valence-corrected chi connectivity index (χ4v) is 7.23. The predicted octanol–water partition coefficient (Wildman–Crippen LogP) is 14.1. The number of fused-ring (bicyclic) bond motifs is 6. The maximum atomic E-state index is 10.2. The molecule has 4 nitrogen and oxygen atoms in total. The first-order valence-corrected chi connectivity index (χ1v) is 18.0. The number of rotatable bonds is 6. The van der Waals surface area contributed by atoms with Crippen LogP contribution >= 0.6 is 0 Å². The summed E-state index contributed by atoms with van der Waals surface area (Å²) in [7, 11) is 0. The lowest BCUT2D eigenvalue weighted by Crippen LogP contribution is -2.00. The van der Waals surface area contributed by atoms with E-state index in [1.165, 1.54) is 6.07 Å². The van der Waals surface area contributed by atoms with Crippen LogP contribution in [0, 0.1) is 0 Å². The van der Waals surface area contributed by atoms with Gasteiger partial charge in [0.2, 0.25) is 0 Å². The smallest absolute Gasteiger partial charge is 0.164 e. The molecule has 0 radical (unpaired) electrons. The molecule has 0 fully saturated rings. The molecule has 2 aromatic heterocycles. The highest BCUT2D eigenvalue weighted by molar-refractivity contribution is 6.17. The Hall–Kier alpha value is -7.69. The van der Waals surface area contributed by atoms with Crippen molar-refractivity contribution < 1.29 is 25.0 Å². The monoisotopic (exact) mass is 742 g/mol. The van der Waals surface area contributed by atoms with Gasteiger partial charge in [0.25, 0.3) is 0 Å². The molecule has 0 bridgehead atoms. The zero-order chi connectivity index (χ0) is 50.8. The third-order valence-corrected chi connectivity index (χ3v) is 9.92. The third kappa shape index (κ3) is 5.83. The number of furan rings is 1. The van der Waals surface area contributed by atoms with Crippen molar-refractivity contribution in [3.63, 3.8) is 0 Å². The molecule has 266 valence electrons. The summed E-state index contributed by atoms with van der Waals surface area (Å²) in [6.45, 7) is 0. The zero-order valence-electron chi connectivity index (χ0n) is 44.6. The molecular formula is C53H33N3O. The van der Waals surface area contributed by atoms with Crippen molar-refractivity contribution in [2.75, 3.05) is 0 Å². The van der Waals surface area contributed by atoms with Gasteiger partial charge in [0.15, 0.2) is 17.5 Å². The van der Waals surface area contributed by atoms with Crippen LogP contribution in [0.3, 0.4) is 0 Å². The van der Waals surface area contributed by atoms with E-state index in [1.54, 1.807) is 48.5 Å². The zero-order valence-corrected chi connectivity index (χ0v) is 29.6. The Morgan fingerprint density at radius 2 is 0.930 bits per heavy atom. The number of aromatic nitrogens is 3. The van der Waals surface area contributed by atoms with E-state index in [2.05, 4.69) is 0 Å². The first-order chi connectivity index (χ1) is 34.5. The minimum Gasteiger partial charge on any atom is -0.456 e. The van der Waals surface area contributed by atoms with Gasteiger partial charge in [0.05, 0.1) is 20.6 Å². The molecule has 2 heterocycles. The van der Waals surface area contributed by atoms with Gasteiger partial charge >= 0.3 is 0 Å². The van der Waals surface area contributed by atoms with Gasteiger partial charge in [-0.05, 0) is 79.1 Å². The van der Waals surface area contributed by atoms with Crippen LogP contribution < -0.4 is 0 Å². The highest BCUT2D eigenvalue weighted by Crippen LogP contribution is 2.42. The number of hydrogen-bond acceptors (Lipinski definition) is 4. The van der Waals surface area contributed by atoms with Crippen molar-refractivity contribution >= 4 is 43.5 Å². The van der Waals surface area contributed by atoms with Gasteiger partial charge in [0.1, 0.15) is 11.2 Å². The largest absolute Gasteiger partial charge is 0.456 e. The lowest BCUT2D eigenvalue weighted by molar-refractivity contribution is 0.669. The molecular weight excluding hydrogens is 695 g/mol. The van der Waals surface area contributed by atoms with Crippen LogP contribution in [0.2, 0.25) is 0 Å². The minimum atomic E-state index is -0.637. The van der Waals surface area contributed by atoms with Gasteiger partial charge in [-0.3, -0.25) is 0 Å². The molecule has 0 N–H and O–H groups in total. The molecule has 0 spiro atoms. The molecule has 0 atom stereocenters. The normalized spacial score (nSPS) is 15.2. The predicted molar refractivity (Wildman–Crippen MR) is 235 cm³/mol. The van der Waals surface area contributed by atoms with Gasteiger partial charge in [-0.1, -0.05) is 176 Å². The number of nitrogens with zero attached hydrogens (tertiary/aromatic N) is 3. The minimum absolute atomic E-state index is 0.0309. The van der Waals surface area contributed by atoms with E-state index in [1.807, 2.05) is 54.6 Å². The second kappa shape index (κ2) is 13.6. The van der Waals surface area contributed by atoms with Crippen molar-refractivity contribution in [1.82, 2.24) is 15.0 Å². The van der Waals surface area contributed by atoms with Crippen molar-refractivity contribution in [1.29, 1.82) is 0 Å². The lowest BCUT2D eigenvalue weighted by Gasteiger charge is -2.14. The molecule has 0 aliphatic heterocycles. The first kappa shape index (κ1) is 20.8. The van der Waals surface area contributed by atoms with Crippen LogP contribution in [0.15, 0.2) is 204 Å². The maximum Gasteiger partial charge on any atom is 0.164 e. The Balaban J connectivity index is 1.17.